The molecular weight excluding hydrogens is 368 g/mol. The van der Waals surface area contributed by atoms with E-state index in [9.17, 15) is 8.42 Å². The number of rotatable bonds is 8. The summed E-state index contributed by atoms with van der Waals surface area (Å²) in [5.74, 6) is 1.08. The van der Waals surface area contributed by atoms with Crippen molar-refractivity contribution in [2.75, 3.05) is 20.3 Å². The van der Waals surface area contributed by atoms with Gasteiger partial charge in [-0.25, -0.2) is 13.1 Å². The number of nitrogens with zero attached hydrogens (tertiary/aromatic N) is 3. The molecular formula is C18H18N4O4S. The summed E-state index contributed by atoms with van der Waals surface area (Å²) in [7, 11) is -1.99. The molecule has 0 spiro atoms. The minimum Gasteiger partial charge on any atom is -0.497 e. The van der Waals surface area contributed by atoms with Crippen LogP contribution in [0.3, 0.4) is 0 Å². The molecule has 0 amide bonds. The molecule has 0 unspecified atom stereocenters. The number of aromatic nitrogens is 3. The average molecular weight is 386 g/mol. The lowest BCUT2D eigenvalue weighted by Crippen LogP contribution is -2.28. The molecule has 0 aliphatic heterocycles. The van der Waals surface area contributed by atoms with Gasteiger partial charge in [-0.2, -0.15) is 0 Å². The first kappa shape index (κ1) is 18.7. The molecule has 0 saturated carbocycles. The van der Waals surface area contributed by atoms with Crippen molar-refractivity contribution < 1.29 is 17.9 Å². The fraction of sp³-hybridized carbons (Fsp3) is 0.167. The van der Waals surface area contributed by atoms with Gasteiger partial charge in [0.2, 0.25) is 15.9 Å². The predicted octanol–water partition coefficient (Wildman–Crippen LogP) is 1.90. The molecule has 0 bridgehead atoms. The summed E-state index contributed by atoms with van der Waals surface area (Å²) < 4.78 is 37.1. The zero-order chi connectivity index (χ0) is 19.1. The fourth-order valence-electron chi connectivity index (χ4n) is 2.23. The highest BCUT2D eigenvalue weighted by molar-refractivity contribution is 7.89. The van der Waals surface area contributed by atoms with E-state index in [1.807, 2.05) is 24.3 Å². The number of methoxy groups -OCH3 is 1. The van der Waals surface area contributed by atoms with Crippen molar-refractivity contribution in [3.8, 4) is 22.9 Å². The summed E-state index contributed by atoms with van der Waals surface area (Å²) >= 11 is 0. The summed E-state index contributed by atoms with van der Waals surface area (Å²) in [6.07, 6.45) is 2.79. The van der Waals surface area contributed by atoms with Crippen molar-refractivity contribution in [3.63, 3.8) is 0 Å². The molecule has 140 valence electrons. The Morgan fingerprint density at radius 2 is 1.85 bits per heavy atom. The van der Waals surface area contributed by atoms with E-state index in [4.69, 9.17) is 9.47 Å². The molecule has 1 aromatic carbocycles. The van der Waals surface area contributed by atoms with E-state index in [-0.39, 0.29) is 18.0 Å². The molecule has 0 aliphatic rings. The zero-order valence-corrected chi connectivity index (χ0v) is 15.4. The lowest BCUT2D eigenvalue weighted by Gasteiger charge is -2.08. The van der Waals surface area contributed by atoms with E-state index in [2.05, 4.69) is 19.9 Å². The van der Waals surface area contributed by atoms with Crippen LogP contribution in [0, 0.1) is 0 Å². The standard InChI is InChI=1S/C18H18N4O4S/c1-25-15-6-4-14(5-7-15)17-8-9-18(22-21-17)26-12-11-20-27(23,24)16-3-2-10-19-13-16/h2-10,13,20H,11-12H2,1H3. The molecule has 27 heavy (non-hydrogen) atoms. The molecule has 0 atom stereocenters. The van der Waals surface area contributed by atoms with Crippen molar-refractivity contribution in [2.45, 2.75) is 4.90 Å². The predicted molar refractivity (Wildman–Crippen MR) is 98.9 cm³/mol. The molecule has 8 nitrogen and oxygen atoms in total. The summed E-state index contributed by atoms with van der Waals surface area (Å²) in [5, 5.41) is 8.12. The largest absolute Gasteiger partial charge is 0.497 e. The third-order valence-corrected chi connectivity index (χ3v) is 5.06. The maximum absolute atomic E-state index is 12.0. The van der Waals surface area contributed by atoms with Crippen LogP contribution in [0.15, 0.2) is 65.8 Å². The van der Waals surface area contributed by atoms with Crippen molar-refractivity contribution >= 4 is 10.0 Å². The number of nitrogens with one attached hydrogen (secondary N) is 1. The maximum Gasteiger partial charge on any atom is 0.242 e. The molecule has 0 fully saturated rings. The van der Waals surface area contributed by atoms with Gasteiger partial charge in [0, 0.05) is 30.6 Å². The molecule has 1 N–H and O–H groups in total. The summed E-state index contributed by atoms with van der Waals surface area (Å²) in [4.78, 5) is 3.90. The highest BCUT2D eigenvalue weighted by atomic mass is 32.2. The summed E-state index contributed by atoms with van der Waals surface area (Å²) in [6.45, 7) is 0.217. The first-order valence-corrected chi connectivity index (χ1v) is 9.57. The first-order valence-electron chi connectivity index (χ1n) is 8.09. The van der Waals surface area contributed by atoms with E-state index >= 15 is 0 Å². The zero-order valence-electron chi connectivity index (χ0n) is 14.6. The SMILES string of the molecule is COc1ccc(-c2ccc(OCCNS(=O)(=O)c3cccnc3)nn2)cc1. The van der Waals surface area contributed by atoms with E-state index in [1.165, 1.54) is 18.5 Å². The van der Waals surface area contributed by atoms with Crippen molar-refractivity contribution in [1.82, 2.24) is 19.9 Å². The number of pyridine rings is 1. The number of benzene rings is 1. The molecule has 2 aromatic heterocycles. The molecule has 0 aliphatic carbocycles. The summed E-state index contributed by atoms with van der Waals surface area (Å²) in [5.41, 5.74) is 1.60. The Labute approximate surface area is 157 Å². The third-order valence-electron chi connectivity index (χ3n) is 3.61. The normalized spacial score (nSPS) is 11.1. The highest BCUT2D eigenvalue weighted by Gasteiger charge is 2.13. The lowest BCUT2D eigenvalue weighted by molar-refractivity contribution is 0.307. The van der Waals surface area contributed by atoms with Gasteiger partial charge >= 0.3 is 0 Å². The van der Waals surface area contributed by atoms with Gasteiger partial charge in [0.1, 0.15) is 17.3 Å². The summed E-state index contributed by atoms with van der Waals surface area (Å²) in [6, 6.07) is 14.0. The minimum atomic E-state index is -3.60. The second-order valence-electron chi connectivity index (χ2n) is 5.42. The lowest BCUT2D eigenvalue weighted by atomic mass is 10.1. The minimum absolute atomic E-state index is 0.0964. The molecule has 9 heteroatoms. The molecule has 3 aromatic rings. The number of hydrogen-bond acceptors (Lipinski definition) is 7. The molecule has 0 radical (unpaired) electrons. The molecule has 2 heterocycles. The molecule has 0 saturated heterocycles. The van der Waals surface area contributed by atoms with Crippen molar-refractivity contribution in [2.24, 2.45) is 0 Å². The maximum atomic E-state index is 12.0. The second kappa shape index (κ2) is 8.56. The Bertz CT molecular complexity index is 963. The van der Waals surface area contributed by atoms with Gasteiger partial charge in [0.25, 0.3) is 0 Å². The van der Waals surface area contributed by atoms with E-state index in [0.717, 1.165) is 11.3 Å². The topological polar surface area (TPSA) is 103 Å². The quantitative estimate of drug-likeness (QED) is 0.590. The van der Waals surface area contributed by atoms with Crippen LogP contribution < -0.4 is 14.2 Å². The fourth-order valence-corrected chi connectivity index (χ4v) is 3.21. The number of ether oxygens (including phenoxy) is 2. The Hall–Kier alpha value is -3.04. The first-order chi connectivity index (χ1) is 13.1. The Morgan fingerprint density at radius 3 is 2.48 bits per heavy atom. The van der Waals surface area contributed by atoms with Gasteiger partial charge in [-0.15, -0.1) is 10.2 Å². The van der Waals surface area contributed by atoms with E-state index in [0.29, 0.717) is 11.6 Å². The van der Waals surface area contributed by atoms with Crippen LogP contribution >= 0.6 is 0 Å². The second-order valence-corrected chi connectivity index (χ2v) is 7.19. The average Bonchev–Trinajstić information content (AvgIpc) is 2.72. The number of sulfonamides is 1. The smallest absolute Gasteiger partial charge is 0.242 e. The Kier molecular flexibility index (Phi) is 5.94. The van der Waals surface area contributed by atoms with Gasteiger partial charge in [0.15, 0.2) is 0 Å². The van der Waals surface area contributed by atoms with Gasteiger partial charge in [-0.05, 0) is 42.5 Å². The van der Waals surface area contributed by atoms with E-state index in [1.54, 1.807) is 25.3 Å². The van der Waals surface area contributed by atoms with Gasteiger partial charge in [0.05, 0.1) is 12.8 Å². The third kappa shape index (κ3) is 4.99. The van der Waals surface area contributed by atoms with Crippen LogP contribution in [0.25, 0.3) is 11.3 Å². The highest BCUT2D eigenvalue weighted by Crippen LogP contribution is 2.21. The number of hydrogen-bond donors (Lipinski definition) is 1. The van der Waals surface area contributed by atoms with Crippen molar-refractivity contribution in [1.29, 1.82) is 0 Å². The van der Waals surface area contributed by atoms with E-state index < -0.39 is 10.0 Å². The van der Waals surface area contributed by atoms with Crippen LogP contribution in [0.4, 0.5) is 0 Å². The van der Waals surface area contributed by atoms with Crippen molar-refractivity contribution in [3.05, 3.63) is 60.9 Å². The van der Waals surface area contributed by atoms with Crippen LogP contribution in [-0.4, -0.2) is 43.9 Å². The van der Waals surface area contributed by atoms with Gasteiger partial charge < -0.3 is 9.47 Å². The monoisotopic (exact) mass is 386 g/mol. The van der Waals surface area contributed by atoms with Crippen LogP contribution in [0.2, 0.25) is 0 Å². The Morgan fingerprint density at radius 1 is 1.04 bits per heavy atom. The Balaban J connectivity index is 1.51. The van der Waals surface area contributed by atoms with Gasteiger partial charge in [-0.3, -0.25) is 4.98 Å². The van der Waals surface area contributed by atoms with Gasteiger partial charge in [-0.1, -0.05) is 0 Å². The molecule has 3 rings (SSSR count). The van der Waals surface area contributed by atoms with Crippen LogP contribution in [-0.2, 0) is 10.0 Å². The van der Waals surface area contributed by atoms with Crippen LogP contribution in [0.5, 0.6) is 11.6 Å². The van der Waals surface area contributed by atoms with Crippen LogP contribution in [0.1, 0.15) is 0 Å².